The molecule has 3 heteroatoms. The molecule has 0 amide bonds. The number of rotatable bonds is 6. The molecule has 0 aliphatic heterocycles. The quantitative estimate of drug-likeness (QED) is 0.785. The first kappa shape index (κ1) is 16.1. The molecule has 1 aromatic carbocycles. The third-order valence-electron chi connectivity index (χ3n) is 3.56. The highest BCUT2D eigenvalue weighted by atomic mass is 32.2. The van der Waals surface area contributed by atoms with Crippen molar-refractivity contribution in [2.45, 2.75) is 43.9 Å². The predicted octanol–water partition coefficient (Wildman–Crippen LogP) is 4.66. The van der Waals surface area contributed by atoms with Crippen molar-refractivity contribution in [2.24, 2.45) is 0 Å². The van der Waals surface area contributed by atoms with Gasteiger partial charge in [-0.3, -0.25) is 4.98 Å². The van der Waals surface area contributed by atoms with E-state index in [1.165, 1.54) is 21.6 Å². The lowest BCUT2D eigenvalue weighted by Gasteiger charge is -2.13. The normalized spacial score (nSPS) is 12.4. The monoisotopic (exact) mass is 300 g/mol. The van der Waals surface area contributed by atoms with Crippen LogP contribution in [-0.2, 0) is 5.75 Å². The molecule has 0 aliphatic carbocycles. The van der Waals surface area contributed by atoms with E-state index in [1.807, 2.05) is 25.0 Å². The van der Waals surface area contributed by atoms with Crippen molar-refractivity contribution < 1.29 is 0 Å². The topological polar surface area (TPSA) is 24.9 Å². The van der Waals surface area contributed by atoms with Crippen LogP contribution < -0.4 is 5.32 Å². The summed E-state index contributed by atoms with van der Waals surface area (Å²) >= 11 is 1.84. The van der Waals surface area contributed by atoms with Crippen LogP contribution in [0.15, 0.2) is 41.4 Å². The van der Waals surface area contributed by atoms with Crippen molar-refractivity contribution in [3.8, 4) is 0 Å². The first-order chi connectivity index (χ1) is 10.1. The van der Waals surface area contributed by atoms with E-state index in [1.54, 1.807) is 0 Å². The molecule has 0 fully saturated rings. The van der Waals surface area contributed by atoms with Gasteiger partial charge in [0.15, 0.2) is 0 Å². The highest BCUT2D eigenvalue weighted by Crippen LogP contribution is 2.24. The van der Waals surface area contributed by atoms with Crippen molar-refractivity contribution in [1.29, 1.82) is 0 Å². The van der Waals surface area contributed by atoms with Gasteiger partial charge >= 0.3 is 0 Å². The molecule has 21 heavy (non-hydrogen) atoms. The van der Waals surface area contributed by atoms with Gasteiger partial charge in [-0.05, 0) is 45.0 Å². The summed E-state index contributed by atoms with van der Waals surface area (Å²) in [4.78, 5) is 5.81. The van der Waals surface area contributed by atoms with E-state index in [0.717, 1.165) is 17.9 Å². The molecule has 0 saturated heterocycles. The summed E-state index contributed by atoms with van der Waals surface area (Å²) in [7, 11) is 1.98. The van der Waals surface area contributed by atoms with E-state index in [0.29, 0.717) is 6.04 Å². The van der Waals surface area contributed by atoms with E-state index in [-0.39, 0.29) is 0 Å². The van der Waals surface area contributed by atoms with Crippen LogP contribution in [0.2, 0.25) is 0 Å². The van der Waals surface area contributed by atoms with E-state index in [2.05, 4.69) is 61.4 Å². The third kappa shape index (κ3) is 4.58. The molecular formula is C18H24N2S. The lowest BCUT2D eigenvalue weighted by Crippen LogP contribution is -2.16. The van der Waals surface area contributed by atoms with Gasteiger partial charge in [-0.15, -0.1) is 11.8 Å². The maximum atomic E-state index is 4.58. The third-order valence-corrected chi connectivity index (χ3v) is 4.61. The number of hydrogen-bond acceptors (Lipinski definition) is 3. The van der Waals surface area contributed by atoms with E-state index >= 15 is 0 Å². The highest BCUT2D eigenvalue weighted by Gasteiger charge is 2.07. The number of aromatic nitrogens is 1. The number of nitrogens with zero attached hydrogens (tertiary/aromatic N) is 1. The minimum atomic E-state index is 0.350. The van der Waals surface area contributed by atoms with Crippen LogP contribution in [0, 0.1) is 13.8 Å². The van der Waals surface area contributed by atoms with Gasteiger partial charge in [-0.2, -0.15) is 0 Å². The number of hydrogen-bond donors (Lipinski definition) is 1. The Morgan fingerprint density at radius 1 is 1.14 bits per heavy atom. The maximum absolute atomic E-state index is 4.58. The highest BCUT2D eigenvalue weighted by molar-refractivity contribution is 7.98. The number of pyridine rings is 1. The van der Waals surface area contributed by atoms with Gasteiger partial charge in [-0.25, -0.2) is 0 Å². The molecular weight excluding hydrogens is 276 g/mol. The van der Waals surface area contributed by atoms with E-state index in [9.17, 15) is 0 Å². The molecule has 2 aromatic rings. The van der Waals surface area contributed by atoms with Crippen LogP contribution in [0.1, 0.15) is 41.8 Å². The second-order valence-electron chi connectivity index (χ2n) is 5.45. The average molecular weight is 300 g/mol. The first-order valence-electron chi connectivity index (χ1n) is 7.45. The van der Waals surface area contributed by atoms with Crippen LogP contribution >= 0.6 is 11.8 Å². The van der Waals surface area contributed by atoms with E-state index < -0.39 is 0 Å². The molecule has 1 N–H and O–H groups in total. The molecule has 2 rings (SSSR count). The Balaban J connectivity index is 2.00. The smallest absolute Gasteiger partial charge is 0.0573 e. The summed E-state index contributed by atoms with van der Waals surface area (Å²) in [5.41, 5.74) is 5.16. The summed E-state index contributed by atoms with van der Waals surface area (Å²) in [6.07, 6.45) is 3.04. The van der Waals surface area contributed by atoms with Crippen LogP contribution in [0.3, 0.4) is 0 Å². The Hall–Kier alpha value is -1.32. The van der Waals surface area contributed by atoms with Crippen molar-refractivity contribution >= 4 is 11.8 Å². The average Bonchev–Trinajstić information content (AvgIpc) is 2.47. The second-order valence-corrected chi connectivity index (χ2v) is 6.50. The molecule has 112 valence electrons. The van der Waals surface area contributed by atoms with Crippen molar-refractivity contribution in [3.63, 3.8) is 0 Å². The van der Waals surface area contributed by atoms with Crippen molar-refractivity contribution in [3.05, 3.63) is 58.9 Å². The van der Waals surface area contributed by atoms with Gasteiger partial charge in [0.05, 0.1) is 5.69 Å². The Bertz CT molecular complexity index is 554. The Morgan fingerprint density at radius 3 is 2.38 bits per heavy atom. The maximum Gasteiger partial charge on any atom is 0.0573 e. The zero-order valence-corrected chi connectivity index (χ0v) is 14.1. The second kappa shape index (κ2) is 7.62. The van der Waals surface area contributed by atoms with Crippen LogP contribution in [0.4, 0.5) is 0 Å². The zero-order chi connectivity index (χ0) is 15.2. The van der Waals surface area contributed by atoms with Crippen LogP contribution in [0.25, 0.3) is 0 Å². The fourth-order valence-corrected chi connectivity index (χ4v) is 3.35. The summed E-state index contributed by atoms with van der Waals surface area (Å²) in [6, 6.07) is 11.4. The van der Waals surface area contributed by atoms with Crippen LogP contribution in [0.5, 0.6) is 0 Å². The Morgan fingerprint density at radius 2 is 1.86 bits per heavy atom. The molecule has 0 spiro atoms. The number of aryl methyl sites for hydroxylation is 2. The summed E-state index contributed by atoms with van der Waals surface area (Å²) < 4.78 is 0. The first-order valence-corrected chi connectivity index (χ1v) is 8.44. The fraction of sp³-hybridized carbons (Fsp3) is 0.389. The largest absolute Gasteiger partial charge is 0.312 e. The van der Waals surface area contributed by atoms with E-state index in [4.69, 9.17) is 0 Å². The van der Waals surface area contributed by atoms with Gasteiger partial charge < -0.3 is 5.32 Å². The lowest BCUT2D eigenvalue weighted by molar-refractivity contribution is 0.561. The number of benzene rings is 1. The minimum Gasteiger partial charge on any atom is -0.312 e. The molecule has 0 aliphatic rings. The SMILES string of the molecule is CCC(NC)c1ccc(SCc2cc(C)cc(C)c2)cn1. The zero-order valence-electron chi connectivity index (χ0n) is 13.3. The fourth-order valence-electron chi connectivity index (χ4n) is 2.56. The predicted molar refractivity (Wildman–Crippen MR) is 91.8 cm³/mol. The Labute approximate surface area is 132 Å². The standard InChI is InChI=1S/C18H24N2S/c1-5-17(19-4)18-7-6-16(11-20-18)21-12-15-9-13(2)8-14(3)10-15/h6-11,17,19H,5,12H2,1-4H3. The van der Waals surface area contributed by atoms with Gasteiger partial charge in [0.2, 0.25) is 0 Å². The van der Waals surface area contributed by atoms with Crippen molar-refractivity contribution in [2.75, 3.05) is 7.05 Å². The molecule has 0 saturated carbocycles. The molecule has 1 heterocycles. The molecule has 2 nitrogen and oxygen atoms in total. The molecule has 0 radical (unpaired) electrons. The lowest BCUT2D eigenvalue weighted by atomic mass is 10.1. The molecule has 1 unspecified atom stereocenters. The van der Waals surface area contributed by atoms with Crippen LogP contribution in [-0.4, -0.2) is 12.0 Å². The van der Waals surface area contributed by atoms with Gasteiger partial charge in [-0.1, -0.05) is 36.2 Å². The van der Waals surface area contributed by atoms with Gasteiger partial charge in [0, 0.05) is 22.9 Å². The molecule has 1 aromatic heterocycles. The minimum absolute atomic E-state index is 0.350. The number of thioether (sulfide) groups is 1. The summed E-state index contributed by atoms with van der Waals surface area (Å²) in [6.45, 7) is 6.48. The summed E-state index contributed by atoms with van der Waals surface area (Å²) in [5, 5.41) is 3.29. The van der Waals surface area contributed by atoms with Gasteiger partial charge in [0.25, 0.3) is 0 Å². The molecule has 1 atom stereocenters. The number of nitrogens with one attached hydrogen (secondary N) is 1. The summed E-state index contributed by atoms with van der Waals surface area (Å²) in [5.74, 6) is 0.993. The molecule has 0 bridgehead atoms. The van der Waals surface area contributed by atoms with Crippen molar-refractivity contribution in [1.82, 2.24) is 10.3 Å². The van der Waals surface area contributed by atoms with Gasteiger partial charge in [0.1, 0.15) is 0 Å². The Kier molecular flexibility index (Phi) is 5.83.